The molecule has 0 aliphatic carbocycles. The van der Waals surface area contributed by atoms with Crippen LogP contribution in [0.5, 0.6) is 0 Å². The lowest BCUT2D eigenvalue weighted by Crippen LogP contribution is -1.94. The van der Waals surface area contributed by atoms with Crippen LogP contribution in [0, 0.1) is 0 Å². The van der Waals surface area contributed by atoms with Gasteiger partial charge in [0.25, 0.3) is 0 Å². The van der Waals surface area contributed by atoms with Gasteiger partial charge in [-0.2, -0.15) is 0 Å². The highest BCUT2D eigenvalue weighted by Gasteiger charge is 1.99. The van der Waals surface area contributed by atoms with E-state index in [0.29, 0.717) is 12.0 Å². The Balaban J connectivity index is 0. The second-order valence-electron chi connectivity index (χ2n) is 2.53. The molecule has 0 atom stereocenters. The van der Waals surface area contributed by atoms with Crippen LogP contribution in [-0.4, -0.2) is 21.3 Å². The first kappa shape index (κ1) is 18.4. The summed E-state index contributed by atoms with van der Waals surface area (Å²) < 4.78 is 1.50. The van der Waals surface area contributed by atoms with Gasteiger partial charge in [-0.25, -0.2) is 4.68 Å². The lowest BCUT2D eigenvalue weighted by molar-refractivity contribution is 0.111. The summed E-state index contributed by atoms with van der Waals surface area (Å²) in [6.45, 7) is 13.6. The molecule has 4 nitrogen and oxygen atoms in total. The van der Waals surface area contributed by atoms with Crippen LogP contribution < -0.4 is 0 Å². The van der Waals surface area contributed by atoms with Crippen molar-refractivity contribution in [3.05, 3.63) is 42.8 Å². The molecule has 0 spiro atoms. The Morgan fingerprint density at radius 1 is 1.33 bits per heavy atom. The van der Waals surface area contributed by atoms with E-state index in [1.54, 1.807) is 12.3 Å². The maximum atomic E-state index is 10.4. The van der Waals surface area contributed by atoms with Gasteiger partial charge in [-0.05, 0) is 19.1 Å². The Bertz CT molecular complexity index is 389. The average molecular weight is 249 g/mol. The van der Waals surface area contributed by atoms with Crippen molar-refractivity contribution in [2.24, 2.45) is 0 Å². The summed E-state index contributed by atoms with van der Waals surface area (Å²) in [6.07, 6.45) is 9.42. The van der Waals surface area contributed by atoms with Crippen molar-refractivity contribution < 1.29 is 4.79 Å². The predicted molar refractivity (Wildman–Crippen MR) is 77.4 cm³/mol. The first-order valence-electron chi connectivity index (χ1n) is 6.15. The van der Waals surface area contributed by atoms with Gasteiger partial charge >= 0.3 is 0 Å². The van der Waals surface area contributed by atoms with Crippen molar-refractivity contribution in [3.63, 3.8) is 0 Å². The second-order valence-corrected chi connectivity index (χ2v) is 2.53. The van der Waals surface area contributed by atoms with Gasteiger partial charge in [-0.3, -0.25) is 4.79 Å². The number of aldehydes is 1. The van der Waals surface area contributed by atoms with E-state index in [4.69, 9.17) is 0 Å². The fourth-order valence-electron chi connectivity index (χ4n) is 0.890. The first-order valence-corrected chi connectivity index (χ1v) is 6.15. The van der Waals surface area contributed by atoms with Crippen LogP contribution in [0.25, 0.3) is 5.70 Å². The Kier molecular flexibility index (Phi) is 13.4. The van der Waals surface area contributed by atoms with E-state index < -0.39 is 0 Å². The van der Waals surface area contributed by atoms with Crippen LogP contribution in [0.1, 0.15) is 45.1 Å². The molecule has 4 heteroatoms. The maximum absolute atomic E-state index is 10.4. The molecule has 0 fully saturated rings. The number of carbonyl (C=O) groups is 1. The first-order chi connectivity index (χ1) is 8.81. The summed E-state index contributed by atoms with van der Waals surface area (Å²) in [5, 5.41) is 7.42. The smallest absolute Gasteiger partial charge is 0.171 e. The summed E-state index contributed by atoms with van der Waals surface area (Å²) in [5.74, 6) is 0. The molecule has 0 saturated heterocycles. The molecule has 1 aromatic heterocycles. The molecule has 18 heavy (non-hydrogen) atoms. The molecule has 0 aromatic carbocycles. The second kappa shape index (κ2) is 13.1. The third kappa shape index (κ3) is 6.58. The highest BCUT2D eigenvalue weighted by molar-refractivity contribution is 5.71. The summed E-state index contributed by atoms with van der Waals surface area (Å²) in [4.78, 5) is 10.4. The van der Waals surface area contributed by atoms with Crippen molar-refractivity contribution in [3.8, 4) is 0 Å². The number of hydrogen-bond donors (Lipinski definition) is 0. The van der Waals surface area contributed by atoms with Crippen LogP contribution in [0.3, 0.4) is 0 Å². The van der Waals surface area contributed by atoms with Crippen LogP contribution in [-0.2, 0) is 0 Å². The van der Waals surface area contributed by atoms with Crippen LogP contribution in [0.15, 0.2) is 37.1 Å². The minimum atomic E-state index is 0.304. The zero-order valence-electron chi connectivity index (χ0n) is 11.9. The number of nitrogens with zero attached hydrogens (tertiary/aromatic N) is 3. The van der Waals surface area contributed by atoms with Gasteiger partial charge in [-0.1, -0.05) is 51.6 Å². The van der Waals surface area contributed by atoms with E-state index in [1.165, 1.54) is 4.68 Å². The lowest BCUT2D eigenvalue weighted by atomic mass is 10.3. The molecule has 1 rings (SSSR count). The molecule has 1 heterocycles. The van der Waals surface area contributed by atoms with E-state index in [0.717, 1.165) is 5.70 Å². The number of allylic oxidation sites excluding steroid dienone is 5. The van der Waals surface area contributed by atoms with Gasteiger partial charge in [0.2, 0.25) is 0 Å². The third-order valence-corrected chi connectivity index (χ3v) is 1.56. The minimum absolute atomic E-state index is 0.304. The normalized spacial score (nSPS) is 9.94. The lowest BCUT2D eigenvalue weighted by Gasteiger charge is -1.97. The van der Waals surface area contributed by atoms with Gasteiger partial charge < -0.3 is 0 Å². The zero-order chi connectivity index (χ0) is 14.4. The molecular weight excluding hydrogens is 226 g/mol. The monoisotopic (exact) mass is 249 g/mol. The summed E-state index contributed by atoms with van der Waals surface area (Å²) in [6, 6.07) is 0. The minimum Gasteiger partial charge on any atom is -0.296 e. The zero-order valence-corrected chi connectivity index (χ0v) is 11.9. The Morgan fingerprint density at radius 2 is 1.94 bits per heavy atom. The van der Waals surface area contributed by atoms with E-state index >= 15 is 0 Å². The van der Waals surface area contributed by atoms with Crippen molar-refractivity contribution in [1.82, 2.24) is 15.0 Å². The average Bonchev–Trinajstić information content (AvgIpc) is 2.93. The quantitative estimate of drug-likeness (QED) is 0.603. The summed E-state index contributed by atoms with van der Waals surface area (Å²) >= 11 is 0. The highest BCUT2D eigenvalue weighted by Crippen LogP contribution is 2.04. The molecule has 0 bridgehead atoms. The maximum Gasteiger partial charge on any atom is 0.171 e. The Morgan fingerprint density at radius 3 is 2.33 bits per heavy atom. The van der Waals surface area contributed by atoms with Crippen molar-refractivity contribution in [2.45, 2.75) is 34.6 Å². The highest BCUT2D eigenvalue weighted by atomic mass is 16.1. The van der Waals surface area contributed by atoms with Crippen molar-refractivity contribution in [2.75, 3.05) is 0 Å². The van der Waals surface area contributed by atoms with E-state index in [9.17, 15) is 4.79 Å². The van der Waals surface area contributed by atoms with Gasteiger partial charge in [0.1, 0.15) is 5.69 Å². The fraction of sp³-hybridized carbons (Fsp3) is 0.357. The van der Waals surface area contributed by atoms with Gasteiger partial charge in [0.15, 0.2) is 6.29 Å². The molecule has 0 saturated carbocycles. The van der Waals surface area contributed by atoms with Crippen molar-refractivity contribution in [1.29, 1.82) is 0 Å². The largest absolute Gasteiger partial charge is 0.296 e. The number of hydrogen-bond acceptors (Lipinski definition) is 3. The molecule has 0 radical (unpaired) electrons. The predicted octanol–water partition coefficient (Wildman–Crippen LogP) is 3.75. The molecule has 100 valence electrons. The van der Waals surface area contributed by atoms with Gasteiger partial charge in [-0.15, -0.1) is 5.10 Å². The van der Waals surface area contributed by atoms with Crippen LogP contribution >= 0.6 is 0 Å². The molecule has 0 aliphatic rings. The molecule has 0 N–H and O–H groups in total. The van der Waals surface area contributed by atoms with E-state index in [-0.39, 0.29) is 0 Å². The summed E-state index contributed by atoms with van der Waals surface area (Å²) in [7, 11) is 0. The molecular formula is C14H23N3O. The summed E-state index contributed by atoms with van der Waals surface area (Å²) in [5.41, 5.74) is 1.07. The molecule has 0 aliphatic heterocycles. The number of rotatable bonds is 4. The van der Waals surface area contributed by atoms with Gasteiger partial charge in [0, 0.05) is 0 Å². The molecule has 0 amide bonds. The van der Waals surface area contributed by atoms with Gasteiger partial charge in [0.05, 0.1) is 11.9 Å². The van der Waals surface area contributed by atoms with Crippen LogP contribution in [0.2, 0.25) is 0 Å². The topological polar surface area (TPSA) is 47.8 Å². The SMILES string of the molecule is C=C/C(=C\C=C/C)n1cc(C=O)nn1.CC.CC. The molecule has 1 aromatic rings. The number of carbonyl (C=O) groups excluding carboxylic acids is 1. The van der Waals surface area contributed by atoms with Crippen LogP contribution in [0.4, 0.5) is 0 Å². The Hall–Kier alpha value is -1.97. The fourth-order valence-corrected chi connectivity index (χ4v) is 0.890. The number of aromatic nitrogens is 3. The van der Waals surface area contributed by atoms with Crippen molar-refractivity contribution >= 4 is 12.0 Å². The molecule has 0 unspecified atom stereocenters. The third-order valence-electron chi connectivity index (χ3n) is 1.56. The Labute approximate surface area is 110 Å². The van der Waals surface area contributed by atoms with E-state index in [1.807, 2.05) is 52.8 Å². The standard InChI is InChI=1S/C10H11N3O.2C2H6/c1-3-5-6-10(4-2)13-7-9(8-14)11-12-13;2*1-2/h3-8H,2H2,1H3;2*1-2H3/b5-3-,10-6+;;. The van der Waals surface area contributed by atoms with E-state index in [2.05, 4.69) is 16.9 Å².